The lowest BCUT2D eigenvalue weighted by Gasteiger charge is -2.08. The van der Waals surface area contributed by atoms with Gasteiger partial charge in [0, 0.05) is 18.9 Å². The van der Waals surface area contributed by atoms with E-state index in [9.17, 15) is 0 Å². The summed E-state index contributed by atoms with van der Waals surface area (Å²) in [7, 11) is 0. The average Bonchev–Trinajstić information content (AvgIpc) is 2.24. The molecule has 0 amide bonds. The van der Waals surface area contributed by atoms with Crippen molar-refractivity contribution in [2.24, 2.45) is 0 Å². The Bertz CT molecular complexity index is 249. The average molecular weight is 208 g/mol. The quantitative estimate of drug-likeness (QED) is 0.692. The lowest BCUT2D eigenvalue weighted by Crippen LogP contribution is -2.23. The molecule has 3 heteroatoms. The number of ether oxygens (including phenoxy) is 1. The van der Waals surface area contributed by atoms with Crippen LogP contribution in [0.15, 0.2) is 24.5 Å². The van der Waals surface area contributed by atoms with Crippen LogP contribution in [0.1, 0.15) is 19.4 Å². The summed E-state index contributed by atoms with van der Waals surface area (Å²) in [4.78, 5) is 3.98. The summed E-state index contributed by atoms with van der Waals surface area (Å²) in [5, 5.41) is 3.34. The van der Waals surface area contributed by atoms with Gasteiger partial charge in [-0.05, 0) is 44.5 Å². The van der Waals surface area contributed by atoms with Crippen LogP contribution >= 0.6 is 0 Å². The predicted molar refractivity (Wildman–Crippen MR) is 61.9 cm³/mol. The maximum Gasteiger partial charge on any atom is 0.0594 e. The second-order valence-electron chi connectivity index (χ2n) is 3.78. The molecule has 0 bridgehead atoms. The SMILES string of the molecule is CC(C)OCCNCCc1ccncc1. The highest BCUT2D eigenvalue weighted by atomic mass is 16.5. The smallest absolute Gasteiger partial charge is 0.0594 e. The van der Waals surface area contributed by atoms with Gasteiger partial charge in [-0.15, -0.1) is 0 Å². The highest BCUT2D eigenvalue weighted by Crippen LogP contribution is 1.95. The third-order valence-corrected chi connectivity index (χ3v) is 2.07. The van der Waals surface area contributed by atoms with E-state index in [1.807, 2.05) is 24.5 Å². The van der Waals surface area contributed by atoms with E-state index in [1.54, 1.807) is 0 Å². The fourth-order valence-corrected chi connectivity index (χ4v) is 1.27. The molecule has 3 nitrogen and oxygen atoms in total. The molecule has 1 rings (SSSR count). The van der Waals surface area contributed by atoms with Crippen molar-refractivity contribution in [3.05, 3.63) is 30.1 Å². The number of nitrogens with one attached hydrogen (secondary N) is 1. The third-order valence-electron chi connectivity index (χ3n) is 2.07. The first-order valence-corrected chi connectivity index (χ1v) is 5.50. The van der Waals surface area contributed by atoms with Crippen LogP contribution < -0.4 is 5.32 Å². The minimum absolute atomic E-state index is 0.326. The van der Waals surface area contributed by atoms with E-state index in [-0.39, 0.29) is 0 Å². The molecule has 0 unspecified atom stereocenters. The van der Waals surface area contributed by atoms with Gasteiger partial charge in [0.05, 0.1) is 12.7 Å². The van der Waals surface area contributed by atoms with Crippen LogP contribution in [-0.4, -0.2) is 30.8 Å². The Hall–Kier alpha value is -0.930. The van der Waals surface area contributed by atoms with Crippen LogP contribution in [0.3, 0.4) is 0 Å². The second kappa shape index (κ2) is 7.37. The highest BCUT2D eigenvalue weighted by molar-refractivity contribution is 5.09. The molecule has 0 spiro atoms. The number of aromatic nitrogens is 1. The summed E-state index contributed by atoms with van der Waals surface area (Å²) >= 11 is 0. The van der Waals surface area contributed by atoms with E-state index in [1.165, 1.54) is 5.56 Å². The molecule has 1 aromatic heterocycles. The minimum Gasteiger partial charge on any atom is -0.377 e. The van der Waals surface area contributed by atoms with E-state index < -0.39 is 0 Å². The lowest BCUT2D eigenvalue weighted by atomic mass is 10.2. The van der Waals surface area contributed by atoms with Gasteiger partial charge < -0.3 is 10.1 Å². The minimum atomic E-state index is 0.326. The van der Waals surface area contributed by atoms with Crippen LogP contribution in [-0.2, 0) is 11.2 Å². The monoisotopic (exact) mass is 208 g/mol. The summed E-state index contributed by atoms with van der Waals surface area (Å²) in [5.74, 6) is 0. The van der Waals surface area contributed by atoms with E-state index in [0.29, 0.717) is 6.10 Å². The Kier molecular flexibility index (Phi) is 5.97. The Morgan fingerprint density at radius 2 is 2.00 bits per heavy atom. The van der Waals surface area contributed by atoms with Crippen molar-refractivity contribution in [1.82, 2.24) is 10.3 Å². The summed E-state index contributed by atoms with van der Waals surface area (Å²) in [5.41, 5.74) is 1.32. The van der Waals surface area contributed by atoms with E-state index >= 15 is 0 Å². The Balaban J connectivity index is 1.98. The Labute approximate surface area is 91.9 Å². The standard InChI is InChI=1S/C12H20N2O/c1-11(2)15-10-9-14-8-5-12-3-6-13-7-4-12/h3-4,6-7,11,14H,5,8-10H2,1-2H3. The number of hydrogen-bond donors (Lipinski definition) is 1. The molecular formula is C12H20N2O. The van der Waals surface area contributed by atoms with Gasteiger partial charge in [-0.3, -0.25) is 4.98 Å². The normalized spacial score (nSPS) is 10.9. The zero-order chi connectivity index (χ0) is 10.9. The maximum absolute atomic E-state index is 5.42. The molecule has 0 saturated heterocycles. The van der Waals surface area contributed by atoms with Crippen molar-refractivity contribution < 1.29 is 4.74 Å². The van der Waals surface area contributed by atoms with Crippen LogP contribution in [0, 0.1) is 0 Å². The second-order valence-corrected chi connectivity index (χ2v) is 3.78. The van der Waals surface area contributed by atoms with Gasteiger partial charge >= 0.3 is 0 Å². The molecule has 1 aromatic rings. The predicted octanol–water partition coefficient (Wildman–Crippen LogP) is 1.64. The van der Waals surface area contributed by atoms with Gasteiger partial charge in [0.1, 0.15) is 0 Å². The first-order valence-electron chi connectivity index (χ1n) is 5.50. The lowest BCUT2D eigenvalue weighted by molar-refractivity contribution is 0.0810. The molecule has 0 saturated carbocycles. The topological polar surface area (TPSA) is 34.1 Å². The fourth-order valence-electron chi connectivity index (χ4n) is 1.27. The van der Waals surface area contributed by atoms with Crippen LogP contribution in [0.4, 0.5) is 0 Å². The molecule has 0 fully saturated rings. The van der Waals surface area contributed by atoms with Crippen molar-refractivity contribution in [3.8, 4) is 0 Å². The first-order chi connectivity index (χ1) is 7.29. The van der Waals surface area contributed by atoms with Crippen molar-refractivity contribution in [1.29, 1.82) is 0 Å². The summed E-state index contributed by atoms with van der Waals surface area (Å²) in [6.07, 6.45) is 5.03. The fraction of sp³-hybridized carbons (Fsp3) is 0.583. The molecule has 0 radical (unpaired) electrons. The van der Waals surface area contributed by atoms with Crippen LogP contribution in [0.25, 0.3) is 0 Å². The molecule has 1 N–H and O–H groups in total. The number of nitrogens with zero attached hydrogens (tertiary/aromatic N) is 1. The van der Waals surface area contributed by atoms with Crippen molar-refractivity contribution >= 4 is 0 Å². The van der Waals surface area contributed by atoms with Gasteiger partial charge in [-0.1, -0.05) is 0 Å². The summed E-state index contributed by atoms with van der Waals surface area (Å²) in [6, 6.07) is 4.10. The Morgan fingerprint density at radius 1 is 1.27 bits per heavy atom. The first kappa shape index (κ1) is 12.1. The molecule has 0 atom stereocenters. The van der Waals surface area contributed by atoms with Gasteiger partial charge in [0.15, 0.2) is 0 Å². The molecule has 0 aliphatic carbocycles. The van der Waals surface area contributed by atoms with Gasteiger partial charge in [-0.2, -0.15) is 0 Å². The molecule has 0 aliphatic heterocycles. The van der Waals surface area contributed by atoms with E-state index in [0.717, 1.165) is 26.1 Å². The van der Waals surface area contributed by atoms with E-state index in [4.69, 9.17) is 4.74 Å². The van der Waals surface area contributed by atoms with Gasteiger partial charge in [-0.25, -0.2) is 0 Å². The van der Waals surface area contributed by atoms with Crippen LogP contribution in [0.5, 0.6) is 0 Å². The number of pyridine rings is 1. The number of hydrogen-bond acceptors (Lipinski definition) is 3. The van der Waals surface area contributed by atoms with Gasteiger partial charge in [0.2, 0.25) is 0 Å². The van der Waals surface area contributed by atoms with Gasteiger partial charge in [0.25, 0.3) is 0 Å². The maximum atomic E-state index is 5.42. The molecule has 84 valence electrons. The van der Waals surface area contributed by atoms with Crippen LogP contribution in [0.2, 0.25) is 0 Å². The van der Waals surface area contributed by atoms with Crippen molar-refractivity contribution in [3.63, 3.8) is 0 Å². The van der Waals surface area contributed by atoms with Crippen molar-refractivity contribution in [2.75, 3.05) is 19.7 Å². The molecule has 0 aliphatic rings. The zero-order valence-electron chi connectivity index (χ0n) is 9.57. The molecular weight excluding hydrogens is 188 g/mol. The molecule has 15 heavy (non-hydrogen) atoms. The molecule has 1 heterocycles. The third kappa shape index (κ3) is 6.20. The summed E-state index contributed by atoms with van der Waals surface area (Å²) in [6.45, 7) is 6.80. The van der Waals surface area contributed by atoms with E-state index in [2.05, 4.69) is 24.1 Å². The molecule has 0 aromatic carbocycles. The zero-order valence-corrected chi connectivity index (χ0v) is 9.57. The Morgan fingerprint density at radius 3 is 2.67 bits per heavy atom. The number of rotatable bonds is 7. The largest absolute Gasteiger partial charge is 0.377 e. The summed E-state index contributed by atoms with van der Waals surface area (Å²) < 4.78 is 5.42. The highest BCUT2D eigenvalue weighted by Gasteiger charge is 1.93. The van der Waals surface area contributed by atoms with Crippen molar-refractivity contribution in [2.45, 2.75) is 26.4 Å².